The Morgan fingerprint density at radius 2 is 1.69 bits per heavy atom. The summed E-state index contributed by atoms with van der Waals surface area (Å²) < 4.78 is 0. The second-order valence-corrected chi connectivity index (χ2v) is 10.1. The molecule has 1 atom stereocenters. The Labute approximate surface area is 222 Å². The van der Waals surface area contributed by atoms with Crippen LogP contribution >= 0.6 is 23.2 Å². The maximum Gasteiger partial charge on any atom is 0.320 e. The quantitative estimate of drug-likeness (QED) is 0.335. The number of carbonyl (C=O) groups excluding carboxylic acids is 2. The number of nitrogens with zero attached hydrogens (tertiary/aromatic N) is 2. The molecule has 3 rings (SSSR count). The van der Waals surface area contributed by atoms with Crippen LogP contribution in [0.5, 0.6) is 0 Å². The monoisotopic (exact) mass is 533 g/mol. The first-order valence-electron chi connectivity index (χ1n) is 12.3. The number of hydrogen-bond acceptors (Lipinski definition) is 3. The van der Waals surface area contributed by atoms with Gasteiger partial charge in [0.2, 0.25) is 0 Å². The lowest BCUT2D eigenvalue weighted by molar-refractivity contribution is -0.138. The summed E-state index contributed by atoms with van der Waals surface area (Å²) in [7, 11) is 0. The third kappa shape index (κ3) is 7.87. The predicted octanol–water partition coefficient (Wildman–Crippen LogP) is 5.83. The van der Waals surface area contributed by atoms with Gasteiger partial charge in [0.05, 0.1) is 6.42 Å². The predicted molar refractivity (Wildman–Crippen MR) is 141 cm³/mol. The second-order valence-electron chi connectivity index (χ2n) is 9.22. The Morgan fingerprint density at radius 1 is 1.00 bits per heavy atom. The highest BCUT2D eigenvalue weighted by atomic mass is 35.5. The van der Waals surface area contributed by atoms with E-state index in [1.54, 1.807) is 40.1 Å². The molecule has 1 aliphatic heterocycles. The molecule has 2 aromatic carbocycles. The van der Waals surface area contributed by atoms with Crippen molar-refractivity contribution in [2.75, 3.05) is 19.6 Å². The van der Waals surface area contributed by atoms with E-state index in [-0.39, 0.29) is 37.4 Å². The molecule has 0 aromatic heterocycles. The average molecular weight is 534 g/mol. The molecule has 36 heavy (non-hydrogen) atoms. The highest BCUT2D eigenvalue weighted by molar-refractivity contribution is 6.35. The van der Waals surface area contributed by atoms with Crippen LogP contribution in [-0.4, -0.2) is 52.4 Å². The molecule has 0 radical (unpaired) electrons. The van der Waals surface area contributed by atoms with Gasteiger partial charge >= 0.3 is 12.0 Å². The van der Waals surface area contributed by atoms with Crippen LogP contribution in [-0.2, 0) is 17.9 Å². The average Bonchev–Trinajstić information content (AvgIpc) is 2.83. The maximum atomic E-state index is 13.4. The number of amides is 3. The van der Waals surface area contributed by atoms with Crippen LogP contribution < -0.4 is 5.32 Å². The molecule has 1 heterocycles. The zero-order valence-electron chi connectivity index (χ0n) is 20.5. The van der Waals surface area contributed by atoms with Crippen LogP contribution in [0.4, 0.5) is 4.79 Å². The fraction of sp³-hybridized carbons (Fsp3) is 0.444. The number of urea groups is 1. The lowest BCUT2D eigenvalue weighted by Gasteiger charge is -2.40. The summed E-state index contributed by atoms with van der Waals surface area (Å²) in [5.41, 5.74) is 1.97. The maximum absolute atomic E-state index is 13.4. The summed E-state index contributed by atoms with van der Waals surface area (Å²) in [6.07, 6.45) is 4.20. The first-order valence-corrected chi connectivity index (χ1v) is 13.1. The zero-order chi connectivity index (χ0) is 26.1. The van der Waals surface area contributed by atoms with Gasteiger partial charge in [-0.25, -0.2) is 4.79 Å². The minimum absolute atomic E-state index is 0.0610. The van der Waals surface area contributed by atoms with Crippen LogP contribution in [0, 0.1) is 5.92 Å². The van der Waals surface area contributed by atoms with E-state index in [4.69, 9.17) is 23.2 Å². The zero-order valence-corrected chi connectivity index (χ0v) is 22.0. The van der Waals surface area contributed by atoms with Gasteiger partial charge in [-0.3, -0.25) is 9.59 Å². The number of rotatable bonds is 12. The number of halogens is 2. The number of carboxylic acids is 1. The molecule has 3 amide bonds. The van der Waals surface area contributed by atoms with E-state index in [1.807, 2.05) is 12.1 Å². The molecule has 0 spiro atoms. The molecule has 2 aromatic rings. The fourth-order valence-electron chi connectivity index (χ4n) is 4.47. The van der Waals surface area contributed by atoms with Crippen molar-refractivity contribution in [2.24, 2.45) is 5.92 Å². The molecule has 7 nitrogen and oxygen atoms in total. The van der Waals surface area contributed by atoms with Gasteiger partial charge in [0.25, 0.3) is 5.91 Å². The number of aliphatic carboxylic acids is 1. The number of carbonyl (C=O) groups is 3. The first-order chi connectivity index (χ1) is 17.3. The molecule has 1 fully saturated rings. The van der Waals surface area contributed by atoms with Crippen LogP contribution in [0.15, 0.2) is 42.5 Å². The Balaban J connectivity index is 1.76. The number of unbranched alkanes of at least 4 members (excludes halogenated alkanes) is 3. The van der Waals surface area contributed by atoms with Crippen molar-refractivity contribution in [2.45, 2.75) is 52.1 Å². The van der Waals surface area contributed by atoms with Gasteiger partial charge in [0, 0.05) is 54.3 Å². The Bertz CT molecular complexity index is 1080. The molecular formula is C27H33Cl2N3O4. The lowest BCUT2D eigenvalue weighted by atomic mass is 9.99. The van der Waals surface area contributed by atoms with E-state index in [0.29, 0.717) is 35.2 Å². The van der Waals surface area contributed by atoms with Gasteiger partial charge in [-0.15, -0.1) is 0 Å². The summed E-state index contributed by atoms with van der Waals surface area (Å²) in [6, 6.07) is 12.1. The highest BCUT2D eigenvalue weighted by Crippen LogP contribution is 2.27. The second kappa shape index (κ2) is 13.5. The number of benzene rings is 2. The van der Waals surface area contributed by atoms with Gasteiger partial charge in [-0.2, -0.15) is 0 Å². The normalized spacial score (nSPS) is 15.8. The third-order valence-corrected chi connectivity index (χ3v) is 6.86. The summed E-state index contributed by atoms with van der Waals surface area (Å²) in [5.74, 6) is -1.34. The van der Waals surface area contributed by atoms with Crippen molar-refractivity contribution < 1.29 is 19.5 Å². The van der Waals surface area contributed by atoms with E-state index < -0.39 is 5.97 Å². The molecule has 1 aliphatic rings. The number of nitrogens with one attached hydrogen (secondary N) is 1. The Morgan fingerprint density at radius 3 is 2.36 bits per heavy atom. The summed E-state index contributed by atoms with van der Waals surface area (Å²) >= 11 is 12.3. The number of hydrogen-bond donors (Lipinski definition) is 2. The summed E-state index contributed by atoms with van der Waals surface area (Å²) in [4.78, 5) is 41.0. The fourth-order valence-corrected chi connectivity index (χ4v) is 4.94. The minimum atomic E-state index is -0.915. The molecule has 1 saturated heterocycles. The van der Waals surface area contributed by atoms with Gasteiger partial charge in [0.1, 0.15) is 0 Å². The molecule has 1 unspecified atom stereocenters. The molecule has 0 aliphatic carbocycles. The molecule has 2 N–H and O–H groups in total. The van der Waals surface area contributed by atoms with Gasteiger partial charge in [0.15, 0.2) is 0 Å². The molecule has 0 saturated carbocycles. The van der Waals surface area contributed by atoms with Gasteiger partial charge < -0.3 is 20.2 Å². The first kappa shape index (κ1) is 27.8. The van der Waals surface area contributed by atoms with Crippen molar-refractivity contribution in [3.05, 3.63) is 69.2 Å². The highest BCUT2D eigenvalue weighted by Gasteiger charge is 2.33. The third-order valence-electron chi connectivity index (χ3n) is 6.28. The van der Waals surface area contributed by atoms with Crippen LogP contribution in [0.3, 0.4) is 0 Å². The summed E-state index contributed by atoms with van der Waals surface area (Å²) in [5, 5.41) is 13.3. The standard InChI is InChI=1S/C27H33Cl2N3O4/c1-2-3-4-7-12-30-26(35)23-9-6-5-8-20(23)17-31-15-19(13-25(33)34)16-32(27(31)36)18-21-10-11-22(28)14-24(21)29/h5-6,8-11,14,19H,2-4,7,12-13,15-18H2,1H3,(H,30,35)(H,33,34). The summed E-state index contributed by atoms with van der Waals surface area (Å²) in [6.45, 7) is 3.79. The Hall–Kier alpha value is -2.77. The van der Waals surface area contributed by atoms with Crippen LogP contribution in [0.25, 0.3) is 0 Å². The minimum Gasteiger partial charge on any atom is -0.481 e. The van der Waals surface area contributed by atoms with Crippen LogP contribution in [0.1, 0.15) is 60.5 Å². The Kier molecular flexibility index (Phi) is 10.4. The smallest absolute Gasteiger partial charge is 0.320 e. The molecular weight excluding hydrogens is 501 g/mol. The molecule has 194 valence electrons. The number of carboxylic acid groups (broad SMARTS) is 1. The topological polar surface area (TPSA) is 89.9 Å². The largest absolute Gasteiger partial charge is 0.481 e. The van der Waals surface area contributed by atoms with E-state index in [9.17, 15) is 19.5 Å². The van der Waals surface area contributed by atoms with Crippen molar-refractivity contribution in [1.82, 2.24) is 15.1 Å². The molecule has 9 heteroatoms. The van der Waals surface area contributed by atoms with E-state index in [0.717, 1.165) is 36.8 Å². The molecule has 0 bridgehead atoms. The van der Waals surface area contributed by atoms with Gasteiger partial charge in [-0.05, 0) is 35.7 Å². The van der Waals surface area contributed by atoms with E-state index in [2.05, 4.69) is 12.2 Å². The SMILES string of the molecule is CCCCCCNC(=O)c1ccccc1CN1CC(CC(=O)O)CN(Cc2ccc(Cl)cc2Cl)C1=O. The van der Waals surface area contributed by atoms with E-state index >= 15 is 0 Å². The van der Waals surface area contributed by atoms with Gasteiger partial charge in [-0.1, -0.05) is 73.7 Å². The lowest BCUT2D eigenvalue weighted by Crippen LogP contribution is -2.53. The van der Waals surface area contributed by atoms with Crippen molar-refractivity contribution in [3.8, 4) is 0 Å². The van der Waals surface area contributed by atoms with Crippen molar-refractivity contribution in [1.29, 1.82) is 0 Å². The van der Waals surface area contributed by atoms with Crippen LogP contribution in [0.2, 0.25) is 10.0 Å². The van der Waals surface area contributed by atoms with Crippen molar-refractivity contribution in [3.63, 3.8) is 0 Å². The van der Waals surface area contributed by atoms with Crippen molar-refractivity contribution >= 4 is 41.1 Å². The van der Waals surface area contributed by atoms with E-state index in [1.165, 1.54) is 0 Å².